The third kappa shape index (κ3) is 34.6. The van der Waals surface area contributed by atoms with Crippen LogP contribution < -0.4 is 5.32 Å². The summed E-state index contributed by atoms with van der Waals surface area (Å²) < 4.78 is 20.2. The zero-order valence-electron chi connectivity index (χ0n) is 31.4. The first-order valence-corrected chi connectivity index (χ1v) is 18.9. The van der Waals surface area contributed by atoms with Gasteiger partial charge in [0.05, 0.1) is 24.8 Å². The van der Waals surface area contributed by atoms with E-state index in [4.69, 9.17) is 42.1 Å². The number of piperidine rings is 2. The molecule has 0 radical (unpaired) electrons. The molecule has 0 bridgehead atoms. The van der Waals surface area contributed by atoms with Gasteiger partial charge in [-0.1, -0.05) is 15.9 Å². The molecule has 3 fully saturated rings. The number of carbonyl (C=O) groups is 6. The highest BCUT2D eigenvalue weighted by atomic mass is 79.9. The van der Waals surface area contributed by atoms with Crippen molar-refractivity contribution in [2.24, 2.45) is 0 Å². The first-order chi connectivity index (χ1) is 23.0. The van der Waals surface area contributed by atoms with Crippen molar-refractivity contribution in [3.05, 3.63) is 0 Å². The molecular formula is C34H60BrCl2N3O10. The molecule has 0 aromatic heterocycles. The van der Waals surface area contributed by atoms with Crippen molar-refractivity contribution < 1.29 is 47.7 Å². The van der Waals surface area contributed by atoms with Gasteiger partial charge in [-0.2, -0.15) is 0 Å². The van der Waals surface area contributed by atoms with Gasteiger partial charge in [-0.15, -0.1) is 23.2 Å². The summed E-state index contributed by atoms with van der Waals surface area (Å²) in [6.07, 6.45) is 2.92. The number of alkyl halides is 3. The van der Waals surface area contributed by atoms with Gasteiger partial charge in [-0.3, -0.25) is 38.6 Å². The van der Waals surface area contributed by atoms with Crippen LogP contribution in [0.4, 0.5) is 0 Å². The van der Waals surface area contributed by atoms with Gasteiger partial charge >= 0.3 is 23.9 Å². The van der Waals surface area contributed by atoms with Gasteiger partial charge in [0.25, 0.3) is 0 Å². The van der Waals surface area contributed by atoms with E-state index in [0.717, 1.165) is 25.9 Å². The van der Waals surface area contributed by atoms with Crippen molar-refractivity contribution in [2.75, 3.05) is 69.6 Å². The average molecular weight is 822 g/mol. The molecule has 50 heavy (non-hydrogen) atoms. The molecule has 0 aromatic carbocycles. The SMILES string of the molecule is CC(C)(C)OC(=O)CBr.CC(C)(C)OC(=O)CN1CCC(=O)CC1.CC(C)(C)OC(=O)CN1CCOC(=O)CC1.ClCCl.O=C1CCNCC1. The number of nitrogens with zero attached hydrogens (tertiary/aromatic N) is 2. The Morgan fingerprint density at radius 3 is 1.36 bits per heavy atom. The molecule has 3 aliphatic heterocycles. The summed E-state index contributed by atoms with van der Waals surface area (Å²) in [5.74, 6) is -0.206. The largest absolute Gasteiger partial charge is 0.464 e. The molecule has 3 heterocycles. The summed E-state index contributed by atoms with van der Waals surface area (Å²) in [7, 11) is 0. The predicted molar refractivity (Wildman–Crippen MR) is 198 cm³/mol. The number of nitrogens with one attached hydrogen (secondary N) is 1. The molecule has 0 unspecified atom stereocenters. The second kappa shape index (κ2) is 26.9. The van der Waals surface area contributed by atoms with E-state index in [1.54, 1.807) is 0 Å². The molecule has 0 atom stereocenters. The zero-order valence-corrected chi connectivity index (χ0v) is 34.5. The minimum Gasteiger partial charge on any atom is -0.464 e. The van der Waals surface area contributed by atoms with Crippen LogP contribution in [-0.2, 0) is 47.7 Å². The van der Waals surface area contributed by atoms with Crippen molar-refractivity contribution in [1.82, 2.24) is 15.1 Å². The van der Waals surface area contributed by atoms with Crippen molar-refractivity contribution in [2.45, 2.75) is 111 Å². The maximum Gasteiger partial charge on any atom is 0.320 e. The summed E-state index contributed by atoms with van der Waals surface area (Å²) in [6, 6.07) is 0. The van der Waals surface area contributed by atoms with Crippen LogP contribution in [0.2, 0.25) is 0 Å². The number of ketones is 2. The number of Topliss-reactive ketones (excluding diaryl/α,β-unsaturated/α-hetero) is 2. The molecule has 3 aliphatic rings. The normalized spacial score (nSPS) is 17.2. The lowest BCUT2D eigenvalue weighted by atomic mass is 10.1. The monoisotopic (exact) mass is 819 g/mol. The van der Waals surface area contributed by atoms with Gasteiger partial charge in [-0.25, -0.2) is 0 Å². The van der Waals surface area contributed by atoms with Crippen LogP contribution >= 0.6 is 39.1 Å². The van der Waals surface area contributed by atoms with Crippen LogP contribution in [0.5, 0.6) is 0 Å². The predicted octanol–water partition coefficient (Wildman–Crippen LogP) is 4.65. The zero-order chi connectivity index (χ0) is 39.0. The van der Waals surface area contributed by atoms with Crippen LogP contribution in [0.15, 0.2) is 0 Å². The third-order valence-corrected chi connectivity index (χ3v) is 6.41. The molecule has 292 valence electrons. The van der Waals surface area contributed by atoms with E-state index in [0.29, 0.717) is 64.4 Å². The Morgan fingerprint density at radius 1 is 0.660 bits per heavy atom. The summed E-state index contributed by atoms with van der Waals surface area (Å²) in [4.78, 5) is 69.8. The van der Waals surface area contributed by atoms with Crippen molar-refractivity contribution in [1.29, 1.82) is 0 Å². The topological polar surface area (TPSA) is 158 Å². The highest BCUT2D eigenvalue weighted by Crippen LogP contribution is 2.11. The maximum atomic E-state index is 11.5. The molecule has 0 aliphatic carbocycles. The molecule has 0 amide bonds. The number of esters is 4. The minimum atomic E-state index is -0.463. The van der Waals surface area contributed by atoms with E-state index < -0.39 is 11.2 Å². The summed E-state index contributed by atoms with van der Waals surface area (Å²) in [5.41, 5.74) is -1.25. The van der Waals surface area contributed by atoms with Gasteiger partial charge in [0.2, 0.25) is 0 Å². The van der Waals surface area contributed by atoms with Gasteiger partial charge in [0.15, 0.2) is 0 Å². The second-order valence-electron chi connectivity index (χ2n) is 14.3. The molecule has 0 aromatic rings. The molecule has 3 rings (SSSR count). The molecule has 13 nitrogen and oxygen atoms in total. The number of likely N-dealkylation sites (tertiary alicyclic amines) is 1. The van der Waals surface area contributed by atoms with E-state index in [9.17, 15) is 28.8 Å². The quantitative estimate of drug-likeness (QED) is 0.233. The number of hydrogen-bond donors (Lipinski definition) is 1. The number of hydrogen-bond acceptors (Lipinski definition) is 13. The molecular weight excluding hydrogens is 761 g/mol. The van der Waals surface area contributed by atoms with E-state index in [2.05, 4.69) is 21.2 Å². The first kappa shape index (κ1) is 50.3. The van der Waals surface area contributed by atoms with Crippen LogP contribution in [0.25, 0.3) is 0 Å². The Kier molecular flexibility index (Phi) is 27.0. The number of ether oxygens (including phenoxy) is 4. The molecule has 0 saturated carbocycles. The van der Waals surface area contributed by atoms with Crippen LogP contribution in [0, 0.1) is 0 Å². The van der Waals surface area contributed by atoms with E-state index >= 15 is 0 Å². The van der Waals surface area contributed by atoms with E-state index in [1.165, 1.54) is 0 Å². The Morgan fingerprint density at radius 2 is 1.02 bits per heavy atom. The lowest BCUT2D eigenvalue weighted by molar-refractivity contribution is -0.157. The Labute approximate surface area is 317 Å². The van der Waals surface area contributed by atoms with Crippen LogP contribution in [-0.4, -0.2) is 132 Å². The summed E-state index contributed by atoms with van der Waals surface area (Å²) in [5, 5.41) is 3.56. The summed E-state index contributed by atoms with van der Waals surface area (Å²) >= 11 is 12.5. The van der Waals surface area contributed by atoms with E-state index in [1.807, 2.05) is 72.1 Å². The number of cyclic esters (lactones) is 1. The molecule has 1 N–H and O–H groups in total. The standard InChI is InChI=1S/C11H19NO4.C11H19NO3.C6H11BrO2.C5H9NO.CH2Cl2/c1-11(2,3)16-10(14)8-12-5-4-9(13)15-7-6-12;1-11(2,3)15-10(14)8-12-6-4-9(13)5-7-12;1-6(2,3)9-5(8)4-7;7-5-1-3-6-4-2-5;2-1-3/h4-8H2,1-3H3;4-8H2,1-3H3;4H2,1-3H3;6H,1-4H2;1H2. The Balaban J connectivity index is 0. The third-order valence-electron chi connectivity index (χ3n) is 5.95. The van der Waals surface area contributed by atoms with Gasteiger partial charge < -0.3 is 24.3 Å². The fourth-order valence-electron chi connectivity index (χ4n) is 4.03. The van der Waals surface area contributed by atoms with Crippen molar-refractivity contribution in [3.8, 4) is 0 Å². The lowest BCUT2D eigenvalue weighted by Gasteiger charge is -2.27. The molecule has 3 saturated heterocycles. The smallest absolute Gasteiger partial charge is 0.320 e. The van der Waals surface area contributed by atoms with Crippen LogP contribution in [0.1, 0.15) is 94.4 Å². The lowest BCUT2D eigenvalue weighted by Crippen LogP contribution is -2.39. The maximum absolute atomic E-state index is 11.5. The fourth-order valence-corrected chi connectivity index (χ4v) is 4.14. The van der Waals surface area contributed by atoms with Gasteiger partial charge in [0.1, 0.15) is 40.3 Å². The van der Waals surface area contributed by atoms with Crippen molar-refractivity contribution >= 4 is 74.6 Å². The highest BCUT2D eigenvalue weighted by Gasteiger charge is 2.23. The highest BCUT2D eigenvalue weighted by molar-refractivity contribution is 9.09. The first-order valence-electron chi connectivity index (χ1n) is 16.7. The number of rotatable bonds is 5. The van der Waals surface area contributed by atoms with Gasteiger partial charge in [-0.05, 0) is 62.3 Å². The molecule has 16 heteroatoms. The summed E-state index contributed by atoms with van der Waals surface area (Å²) in [6.45, 7) is 21.7. The second-order valence-corrected chi connectivity index (χ2v) is 15.7. The van der Waals surface area contributed by atoms with E-state index in [-0.39, 0.29) is 52.5 Å². The number of carbonyl (C=O) groups excluding carboxylic acids is 6. The Bertz CT molecular complexity index is 1030. The van der Waals surface area contributed by atoms with Crippen molar-refractivity contribution in [3.63, 3.8) is 0 Å². The molecule has 0 spiro atoms. The minimum absolute atomic E-state index is 0.194. The van der Waals surface area contributed by atoms with Gasteiger partial charge in [0, 0.05) is 65.0 Å². The van der Waals surface area contributed by atoms with Crippen LogP contribution in [0.3, 0.4) is 0 Å². The average Bonchev–Trinajstić information content (AvgIpc) is 3.17. The Hall–Kier alpha value is -1.84. The fraction of sp³-hybridized carbons (Fsp3) is 0.824. The number of halogens is 3.